The molecule has 13 heteroatoms. The number of rotatable bonds is 3. The number of carbonyl (C=O) groups excluding carboxylic acids is 1. The van der Waals surface area contributed by atoms with Gasteiger partial charge >= 0.3 is 12.1 Å². The monoisotopic (exact) mass is 480 g/mol. The molecule has 2 aliphatic heterocycles. The Morgan fingerprint density at radius 2 is 1.62 bits per heavy atom. The number of carboxylic acids is 1. The number of amides is 1. The average Bonchev–Trinajstić information content (AvgIpc) is 3.12. The minimum atomic E-state index is -5.08. The van der Waals surface area contributed by atoms with Crippen LogP contribution in [0.4, 0.5) is 19.0 Å². The van der Waals surface area contributed by atoms with E-state index in [1.165, 1.54) is 10.6 Å². The molecule has 1 aromatic heterocycles. The van der Waals surface area contributed by atoms with Crippen LogP contribution in [0.3, 0.4) is 0 Å². The Morgan fingerprint density at radius 1 is 1.09 bits per heavy atom. The van der Waals surface area contributed by atoms with Crippen molar-refractivity contribution in [2.45, 2.75) is 31.9 Å². The highest BCUT2D eigenvalue weighted by atomic mass is 32.2. The Balaban J connectivity index is 0.000000451. The molecule has 0 atom stereocenters. The first-order valence-electron chi connectivity index (χ1n) is 9.96. The summed E-state index contributed by atoms with van der Waals surface area (Å²) in [7, 11) is 0.555. The number of pyridine rings is 1. The summed E-state index contributed by atoms with van der Waals surface area (Å²) in [5, 5.41) is 7.12. The zero-order valence-corrected chi connectivity index (χ0v) is 19.0. The van der Waals surface area contributed by atoms with Gasteiger partial charge in [-0.25, -0.2) is 22.5 Å². The molecule has 1 amide bonds. The molecule has 0 radical (unpaired) electrons. The van der Waals surface area contributed by atoms with E-state index >= 15 is 0 Å². The molecule has 1 aromatic rings. The summed E-state index contributed by atoms with van der Waals surface area (Å²) in [6, 6.07) is 1.93. The van der Waals surface area contributed by atoms with Crippen LogP contribution in [0.2, 0.25) is 0 Å². The van der Waals surface area contributed by atoms with E-state index in [0.29, 0.717) is 37.3 Å². The fraction of sp³-hybridized carbons (Fsp3) is 0.632. The molecular weight excluding hydrogens is 453 g/mol. The van der Waals surface area contributed by atoms with Crippen LogP contribution in [0.25, 0.3) is 0 Å². The zero-order valence-electron chi connectivity index (χ0n) is 18.1. The van der Waals surface area contributed by atoms with Gasteiger partial charge < -0.3 is 14.9 Å². The lowest BCUT2D eigenvalue weighted by Gasteiger charge is -2.22. The van der Waals surface area contributed by atoms with Crippen molar-refractivity contribution in [2.75, 3.05) is 51.4 Å². The van der Waals surface area contributed by atoms with Crippen LogP contribution < -0.4 is 4.90 Å². The summed E-state index contributed by atoms with van der Waals surface area (Å²) in [6.45, 7) is 2.46. The van der Waals surface area contributed by atoms with E-state index in [1.807, 2.05) is 30.0 Å². The fourth-order valence-electron chi connectivity index (χ4n) is 3.52. The highest BCUT2D eigenvalue weighted by Crippen LogP contribution is 2.26. The van der Waals surface area contributed by atoms with Crippen molar-refractivity contribution in [1.82, 2.24) is 14.2 Å². The van der Waals surface area contributed by atoms with E-state index < -0.39 is 22.2 Å². The molecule has 0 aliphatic carbocycles. The number of aromatic nitrogens is 1. The minimum absolute atomic E-state index is 0.0284. The van der Waals surface area contributed by atoms with E-state index in [9.17, 15) is 26.4 Å². The lowest BCUT2D eigenvalue weighted by molar-refractivity contribution is -0.192. The quantitative estimate of drug-likeness (QED) is 0.696. The van der Waals surface area contributed by atoms with Gasteiger partial charge in [-0.1, -0.05) is 0 Å². The van der Waals surface area contributed by atoms with E-state index in [1.54, 1.807) is 0 Å². The van der Waals surface area contributed by atoms with Crippen molar-refractivity contribution in [3.63, 3.8) is 0 Å². The lowest BCUT2D eigenvalue weighted by atomic mass is 10.0. The van der Waals surface area contributed by atoms with Gasteiger partial charge in [0.15, 0.2) is 0 Å². The molecule has 0 saturated carbocycles. The molecule has 2 aliphatic rings. The maximum atomic E-state index is 12.9. The number of anilines is 1. The van der Waals surface area contributed by atoms with Gasteiger partial charge in [0, 0.05) is 52.4 Å². The molecule has 1 fully saturated rings. The van der Waals surface area contributed by atoms with Gasteiger partial charge in [-0.15, -0.1) is 0 Å². The molecule has 1 saturated heterocycles. The largest absolute Gasteiger partial charge is 0.490 e. The van der Waals surface area contributed by atoms with E-state index in [4.69, 9.17) is 14.9 Å². The van der Waals surface area contributed by atoms with Crippen LogP contribution in [0.15, 0.2) is 6.07 Å². The average molecular weight is 481 g/mol. The number of likely N-dealkylation sites (tertiary alicyclic amines) is 1. The number of aliphatic carboxylic acids is 1. The van der Waals surface area contributed by atoms with Crippen LogP contribution in [-0.2, 0) is 27.7 Å². The molecule has 0 aromatic carbocycles. The predicted molar refractivity (Wildman–Crippen MR) is 111 cm³/mol. The number of carboxylic acid groups (broad SMARTS) is 1. The molecule has 3 rings (SSSR count). The third kappa shape index (κ3) is 6.55. The number of hydrogen-bond acceptors (Lipinski definition) is 6. The topological polar surface area (TPSA) is 111 Å². The van der Waals surface area contributed by atoms with E-state index in [2.05, 4.69) is 0 Å². The first kappa shape index (κ1) is 25.8. The van der Waals surface area contributed by atoms with Gasteiger partial charge in [0.2, 0.25) is 10.0 Å². The second kappa shape index (κ2) is 10.0. The van der Waals surface area contributed by atoms with Crippen molar-refractivity contribution < 1.29 is 36.3 Å². The molecule has 32 heavy (non-hydrogen) atoms. The Hall–Kier alpha value is -2.41. The van der Waals surface area contributed by atoms with Crippen molar-refractivity contribution in [1.29, 1.82) is 0 Å². The van der Waals surface area contributed by atoms with Crippen LogP contribution in [0, 0.1) is 0 Å². The highest BCUT2D eigenvalue weighted by molar-refractivity contribution is 7.88. The van der Waals surface area contributed by atoms with Crippen molar-refractivity contribution in [3.05, 3.63) is 22.9 Å². The number of sulfonamides is 1. The van der Waals surface area contributed by atoms with Crippen molar-refractivity contribution >= 4 is 27.7 Å². The molecular formula is C19H27F3N4O5S. The maximum Gasteiger partial charge on any atom is 0.490 e. The summed E-state index contributed by atoms with van der Waals surface area (Å²) in [5.74, 6) is -2.06. The Kier molecular flexibility index (Phi) is 8.10. The van der Waals surface area contributed by atoms with Crippen molar-refractivity contribution in [2.24, 2.45) is 0 Å². The lowest BCUT2D eigenvalue weighted by Crippen LogP contribution is -2.32. The summed E-state index contributed by atoms with van der Waals surface area (Å²) in [5.41, 5.74) is 2.51. The Labute approximate surface area is 184 Å². The molecule has 0 spiro atoms. The highest BCUT2D eigenvalue weighted by Gasteiger charge is 2.38. The molecule has 0 unspecified atom stereocenters. The van der Waals surface area contributed by atoms with E-state index in [-0.39, 0.29) is 5.91 Å². The first-order valence-corrected chi connectivity index (χ1v) is 11.8. The summed E-state index contributed by atoms with van der Waals surface area (Å²) >= 11 is 0. The van der Waals surface area contributed by atoms with Crippen LogP contribution in [0.1, 0.15) is 34.5 Å². The minimum Gasteiger partial charge on any atom is -0.475 e. The SMILES string of the molecule is CN(C)c1nc2c(cc1C(=O)N1CCCC1)CCN(S(C)(=O)=O)CC2.O=C(O)C(F)(F)F. The molecule has 1 N–H and O–H groups in total. The number of halogens is 3. The van der Waals surface area contributed by atoms with Crippen LogP contribution in [-0.4, -0.2) is 92.3 Å². The third-order valence-corrected chi connectivity index (χ3v) is 6.46. The van der Waals surface area contributed by atoms with E-state index in [0.717, 1.165) is 37.2 Å². The Morgan fingerprint density at radius 3 is 2.09 bits per heavy atom. The smallest absolute Gasteiger partial charge is 0.475 e. The number of hydrogen-bond donors (Lipinski definition) is 1. The summed E-state index contributed by atoms with van der Waals surface area (Å²) in [6.07, 6.45) is -0.593. The van der Waals surface area contributed by atoms with Gasteiger partial charge in [0.25, 0.3) is 5.91 Å². The second-order valence-corrected chi connectivity index (χ2v) is 9.81. The standard InChI is InChI=1S/C17H26N4O3S.C2HF3O2/c1-19(2)16-14(17(22)20-8-4-5-9-20)12-13-6-10-21(25(3,23)24)11-7-15(13)18-16;3-2(4,5)1(6)7/h12H,4-11H2,1-3H3;(H,6,7). The van der Waals surface area contributed by atoms with Gasteiger partial charge in [-0.2, -0.15) is 13.2 Å². The van der Waals surface area contributed by atoms with Gasteiger partial charge in [-0.3, -0.25) is 4.79 Å². The summed E-state index contributed by atoms with van der Waals surface area (Å²) < 4.78 is 56.9. The first-order chi connectivity index (χ1) is 14.7. The van der Waals surface area contributed by atoms with Crippen LogP contribution >= 0.6 is 0 Å². The summed E-state index contributed by atoms with van der Waals surface area (Å²) in [4.78, 5) is 30.3. The normalized spacial score (nSPS) is 17.1. The molecule has 180 valence electrons. The third-order valence-electron chi connectivity index (χ3n) is 5.16. The number of carbonyl (C=O) groups is 2. The fourth-order valence-corrected chi connectivity index (χ4v) is 4.37. The zero-order chi connectivity index (χ0) is 24.3. The second-order valence-electron chi connectivity index (χ2n) is 7.82. The molecule has 3 heterocycles. The van der Waals surface area contributed by atoms with Crippen LogP contribution in [0.5, 0.6) is 0 Å². The van der Waals surface area contributed by atoms with Gasteiger partial charge in [0.05, 0.1) is 11.8 Å². The number of nitrogens with zero attached hydrogens (tertiary/aromatic N) is 4. The maximum absolute atomic E-state index is 12.9. The number of fused-ring (bicyclic) bond motifs is 1. The predicted octanol–water partition coefficient (Wildman–Crippen LogP) is 1.38. The molecule has 9 nitrogen and oxygen atoms in total. The molecule has 0 bridgehead atoms. The number of alkyl halides is 3. The van der Waals surface area contributed by atoms with Gasteiger partial charge in [-0.05, 0) is 30.9 Å². The van der Waals surface area contributed by atoms with Gasteiger partial charge in [0.1, 0.15) is 5.82 Å². The Bertz CT molecular complexity index is 960. The van der Waals surface area contributed by atoms with Crippen molar-refractivity contribution in [3.8, 4) is 0 Å².